The summed E-state index contributed by atoms with van der Waals surface area (Å²) in [6, 6.07) is 5.66. The van der Waals surface area contributed by atoms with Gasteiger partial charge in [-0.2, -0.15) is 5.26 Å². The molecule has 1 aromatic carbocycles. The molecule has 0 unspecified atom stereocenters. The predicted molar refractivity (Wildman–Crippen MR) is 116 cm³/mol. The van der Waals surface area contributed by atoms with E-state index in [0.717, 1.165) is 12.0 Å². The van der Waals surface area contributed by atoms with Crippen molar-refractivity contribution in [1.29, 1.82) is 5.26 Å². The van der Waals surface area contributed by atoms with Gasteiger partial charge in [-0.15, -0.1) is 0 Å². The van der Waals surface area contributed by atoms with Gasteiger partial charge < -0.3 is 19.2 Å². The van der Waals surface area contributed by atoms with E-state index in [4.69, 9.17) is 14.2 Å². The summed E-state index contributed by atoms with van der Waals surface area (Å²) in [5.41, 5.74) is 2.81. The minimum Gasteiger partial charge on any atom is -0.493 e. The maximum Gasteiger partial charge on any atom is 0.340 e. The van der Waals surface area contributed by atoms with Gasteiger partial charge in [0, 0.05) is 28.9 Å². The lowest BCUT2D eigenvalue weighted by molar-refractivity contribution is 0.0523. The molecule has 1 aliphatic heterocycles. The molecule has 1 N–H and O–H groups in total. The van der Waals surface area contributed by atoms with Crippen molar-refractivity contribution in [2.24, 2.45) is 0 Å². The van der Waals surface area contributed by atoms with E-state index in [2.05, 4.69) is 4.98 Å². The lowest BCUT2D eigenvalue weighted by Gasteiger charge is -2.11. The van der Waals surface area contributed by atoms with E-state index in [9.17, 15) is 14.9 Å². The summed E-state index contributed by atoms with van der Waals surface area (Å²) in [6.45, 7) is 9.55. The molecule has 2 heterocycles. The molecule has 162 valence electrons. The molecule has 0 aliphatic carbocycles. The van der Waals surface area contributed by atoms with Crippen molar-refractivity contribution in [1.82, 2.24) is 4.98 Å². The van der Waals surface area contributed by atoms with Gasteiger partial charge in [0.15, 0.2) is 0 Å². The molecule has 0 saturated carbocycles. The fraction of sp³-hybridized carbons (Fsp3) is 0.375. The molecule has 7 heteroatoms. The SMILES string of the molecule is CCOC(=O)c1c(C)[nH]c(C)c1C(=O)/C(C#N)=C/c1cc2c(cc1OCC)C[C@@H](C)O2. The average molecular weight is 422 g/mol. The van der Waals surface area contributed by atoms with Crippen LogP contribution in [-0.4, -0.2) is 36.1 Å². The van der Waals surface area contributed by atoms with Crippen LogP contribution in [0.5, 0.6) is 11.5 Å². The zero-order valence-corrected chi connectivity index (χ0v) is 18.4. The summed E-state index contributed by atoms with van der Waals surface area (Å²) in [5, 5.41) is 9.77. The number of ether oxygens (including phenoxy) is 3. The summed E-state index contributed by atoms with van der Waals surface area (Å²) in [4.78, 5) is 28.8. The Labute approximate surface area is 181 Å². The van der Waals surface area contributed by atoms with Crippen LogP contribution in [0, 0.1) is 25.2 Å². The van der Waals surface area contributed by atoms with E-state index in [1.807, 2.05) is 26.0 Å². The van der Waals surface area contributed by atoms with E-state index in [1.54, 1.807) is 26.8 Å². The van der Waals surface area contributed by atoms with Gasteiger partial charge in [0.25, 0.3) is 0 Å². The second kappa shape index (κ2) is 9.09. The molecule has 0 amide bonds. The molecule has 0 fully saturated rings. The lowest BCUT2D eigenvalue weighted by Crippen LogP contribution is -2.13. The number of esters is 1. The Balaban J connectivity index is 2.08. The number of Topliss-reactive ketones (excluding diaryl/α,β-unsaturated/α-hetero) is 1. The quantitative estimate of drug-likeness (QED) is 0.309. The van der Waals surface area contributed by atoms with Gasteiger partial charge in [-0.3, -0.25) is 4.79 Å². The zero-order valence-electron chi connectivity index (χ0n) is 18.4. The highest BCUT2D eigenvalue weighted by molar-refractivity contribution is 6.19. The summed E-state index contributed by atoms with van der Waals surface area (Å²) >= 11 is 0. The number of rotatable bonds is 7. The number of allylic oxidation sites excluding steroid dienone is 1. The maximum absolute atomic E-state index is 13.3. The number of aryl methyl sites for hydroxylation is 2. The molecule has 0 saturated heterocycles. The van der Waals surface area contributed by atoms with Crippen molar-refractivity contribution in [3.63, 3.8) is 0 Å². The minimum absolute atomic E-state index is 0.0541. The third-order valence-corrected chi connectivity index (χ3v) is 5.07. The van der Waals surface area contributed by atoms with E-state index >= 15 is 0 Å². The van der Waals surface area contributed by atoms with E-state index < -0.39 is 11.8 Å². The smallest absolute Gasteiger partial charge is 0.340 e. The number of nitriles is 1. The van der Waals surface area contributed by atoms with E-state index in [1.165, 1.54) is 6.08 Å². The highest BCUT2D eigenvalue weighted by atomic mass is 16.5. The molecule has 0 bridgehead atoms. The number of nitrogens with zero attached hydrogens (tertiary/aromatic N) is 1. The van der Waals surface area contributed by atoms with Crippen LogP contribution in [-0.2, 0) is 11.2 Å². The van der Waals surface area contributed by atoms with Crippen molar-refractivity contribution < 1.29 is 23.8 Å². The Hall–Kier alpha value is -3.53. The molecule has 1 atom stereocenters. The van der Waals surface area contributed by atoms with Gasteiger partial charge in [-0.1, -0.05) is 0 Å². The first-order valence-electron chi connectivity index (χ1n) is 10.3. The summed E-state index contributed by atoms with van der Waals surface area (Å²) in [7, 11) is 0. The Morgan fingerprint density at radius 2 is 1.94 bits per heavy atom. The fourth-order valence-electron chi connectivity index (χ4n) is 3.81. The highest BCUT2D eigenvalue weighted by Crippen LogP contribution is 2.36. The zero-order chi connectivity index (χ0) is 22.7. The number of carbonyl (C=O) groups excluding carboxylic acids is 2. The van der Waals surface area contributed by atoms with Crippen molar-refractivity contribution in [2.75, 3.05) is 13.2 Å². The Bertz CT molecular complexity index is 1100. The number of hydrogen-bond acceptors (Lipinski definition) is 6. The van der Waals surface area contributed by atoms with Crippen LogP contribution >= 0.6 is 0 Å². The largest absolute Gasteiger partial charge is 0.493 e. The molecule has 31 heavy (non-hydrogen) atoms. The van der Waals surface area contributed by atoms with E-state index in [-0.39, 0.29) is 29.4 Å². The van der Waals surface area contributed by atoms with Gasteiger partial charge in [-0.05, 0) is 52.8 Å². The number of H-pyrrole nitrogens is 1. The maximum atomic E-state index is 13.3. The topological polar surface area (TPSA) is 101 Å². The van der Waals surface area contributed by atoms with Crippen molar-refractivity contribution >= 4 is 17.8 Å². The van der Waals surface area contributed by atoms with Gasteiger partial charge in [0.1, 0.15) is 29.2 Å². The molecule has 1 aliphatic rings. The van der Waals surface area contributed by atoms with Crippen LogP contribution in [0.4, 0.5) is 0 Å². The number of benzene rings is 1. The number of hydrogen-bond donors (Lipinski definition) is 1. The Kier molecular flexibility index (Phi) is 6.50. The van der Waals surface area contributed by atoms with Crippen LogP contribution in [0.25, 0.3) is 6.08 Å². The van der Waals surface area contributed by atoms with Crippen LogP contribution < -0.4 is 9.47 Å². The monoisotopic (exact) mass is 422 g/mol. The lowest BCUT2D eigenvalue weighted by atomic mass is 9.97. The fourth-order valence-corrected chi connectivity index (χ4v) is 3.81. The van der Waals surface area contributed by atoms with Crippen molar-refractivity contribution in [3.8, 4) is 17.6 Å². The standard InChI is InChI=1S/C24H26N2O5/c1-6-29-19-10-16-8-13(3)31-20(16)11-17(19)9-18(12-25)23(27)21-14(4)26-15(5)22(21)24(28)30-7-2/h9-11,13,26H,6-8H2,1-5H3/b18-9+/t13-/m1/s1. The van der Waals surface area contributed by atoms with Gasteiger partial charge in [-0.25, -0.2) is 4.79 Å². The third kappa shape index (κ3) is 4.33. The van der Waals surface area contributed by atoms with Crippen LogP contribution in [0.1, 0.15) is 64.0 Å². The number of nitrogens with one attached hydrogen (secondary N) is 1. The Morgan fingerprint density at radius 1 is 1.23 bits per heavy atom. The highest BCUT2D eigenvalue weighted by Gasteiger charge is 2.28. The van der Waals surface area contributed by atoms with Gasteiger partial charge in [0.2, 0.25) is 5.78 Å². The van der Waals surface area contributed by atoms with E-state index in [0.29, 0.717) is 35.1 Å². The average Bonchev–Trinajstić information content (AvgIpc) is 3.22. The van der Waals surface area contributed by atoms with Crippen molar-refractivity contribution in [3.05, 3.63) is 51.3 Å². The number of ketones is 1. The molecule has 7 nitrogen and oxygen atoms in total. The summed E-state index contributed by atoms with van der Waals surface area (Å²) < 4.78 is 16.7. The number of aromatic amines is 1. The second-order valence-electron chi connectivity index (χ2n) is 7.41. The summed E-state index contributed by atoms with van der Waals surface area (Å²) in [6.07, 6.45) is 2.31. The normalized spacial score (nSPS) is 15.1. The minimum atomic E-state index is -0.597. The van der Waals surface area contributed by atoms with Gasteiger partial charge in [0.05, 0.1) is 24.3 Å². The first kappa shape index (κ1) is 22.2. The molecule has 0 radical (unpaired) electrons. The Morgan fingerprint density at radius 3 is 2.58 bits per heavy atom. The first-order valence-corrected chi connectivity index (χ1v) is 10.3. The molecule has 0 spiro atoms. The summed E-state index contributed by atoms with van der Waals surface area (Å²) in [5.74, 6) is 0.143. The number of fused-ring (bicyclic) bond motifs is 1. The van der Waals surface area contributed by atoms with Crippen molar-refractivity contribution in [2.45, 2.75) is 47.1 Å². The molecule has 1 aromatic heterocycles. The molecule has 2 aromatic rings. The molecular formula is C24H26N2O5. The third-order valence-electron chi connectivity index (χ3n) is 5.07. The van der Waals surface area contributed by atoms with Crippen LogP contribution in [0.15, 0.2) is 17.7 Å². The van der Waals surface area contributed by atoms with Crippen LogP contribution in [0.3, 0.4) is 0 Å². The molecule has 3 rings (SSSR count). The van der Waals surface area contributed by atoms with Gasteiger partial charge >= 0.3 is 5.97 Å². The first-order chi connectivity index (χ1) is 14.8. The second-order valence-corrected chi connectivity index (χ2v) is 7.41. The van der Waals surface area contributed by atoms with Crippen LogP contribution in [0.2, 0.25) is 0 Å². The number of aromatic nitrogens is 1. The number of carbonyl (C=O) groups is 2. The predicted octanol–water partition coefficient (Wildman–Crippen LogP) is 4.32. The molecular weight excluding hydrogens is 396 g/mol.